The minimum atomic E-state index is -4.94. The highest BCUT2D eigenvalue weighted by atomic mass is 127. The summed E-state index contributed by atoms with van der Waals surface area (Å²) in [5, 5.41) is 22.4. The predicted octanol–water partition coefficient (Wildman–Crippen LogP) is 2.74. The number of nitrogens with zero attached hydrogens (tertiary/aromatic N) is 1. The topological polar surface area (TPSA) is 92.5 Å². The average molecular weight is 418 g/mol. The monoisotopic (exact) mass is 418 g/mol. The van der Waals surface area contributed by atoms with Crippen LogP contribution in [0.1, 0.15) is 12.5 Å². The molecule has 21 heavy (non-hydrogen) atoms. The molecule has 0 spiro atoms. The molecule has 0 radical (unpaired) electrons. The Kier molecular flexibility index (Phi) is 5.15. The van der Waals surface area contributed by atoms with E-state index in [0.29, 0.717) is 12.1 Å². The Morgan fingerprint density at radius 2 is 2.05 bits per heavy atom. The second-order valence-corrected chi connectivity index (χ2v) is 5.11. The number of nitrogens with one attached hydrogen (secondary N) is 1. The van der Waals surface area contributed by atoms with E-state index in [4.69, 9.17) is 0 Å². The van der Waals surface area contributed by atoms with Gasteiger partial charge in [-0.3, -0.25) is 14.9 Å². The number of rotatable bonds is 4. The van der Waals surface area contributed by atoms with Crippen molar-refractivity contribution in [3.63, 3.8) is 0 Å². The highest BCUT2D eigenvalue weighted by molar-refractivity contribution is 14.1. The van der Waals surface area contributed by atoms with E-state index in [-0.39, 0.29) is 10.1 Å². The number of benzene rings is 1. The van der Waals surface area contributed by atoms with E-state index < -0.39 is 33.9 Å². The van der Waals surface area contributed by atoms with Gasteiger partial charge in [-0.1, -0.05) is 22.6 Å². The van der Waals surface area contributed by atoms with Gasteiger partial charge in [0.15, 0.2) is 0 Å². The number of hydrogen-bond donors (Lipinski definition) is 2. The molecule has 0 saturated heterocycles. The third kappa shape index (κ3) is 4.27. The number of nitro groups is 1. The summed E-state index contributed by atoms with van der Waals surface area (Å²) >= 11 is 1.74. The SMILES string of the molecule is C[C@](O)(CI)C(=O)Nc1ccc([N+](=O)[O-])c(C(F)(F)F)c1. The van der Waals surface area contributed by atoms with Crippen molar-refractivity contribution in [3.05, 3.63) is 33.9 Å². The molecule has 2 N–H and O–H groups in total. The van der Waals surface area contributed by atoms with Crippen molar-refractivity contribution >= 4 is 39.9 Å². The van der Waals surface area contributed by atoms with E-state index in [1.54, 1.807) is 22.6 Å². The van der Waals surface area contributed by atoms with Crippen molar-refractivity contribution in [1.29, 1.82) is 0 Å². The summed E-state index contributed by atoms with van der Waals surface area (Å²) in [5.41, 5.74) is -4.63. The number of alkyl halides is 4. The van der Waals surface area contributed by atoms with Gasteiger partial charge in [0.1, 0.15) is 11.2 Å². The smallest absolute Gasteiger partial charge is 0.379 e. The summed E-state index contributed by atoms with van der Waals surface area (Å²) in [5.74, 6) is -0.904. The van der Waals surface area contributed by atoms with Gasteiger partial charge >= 0.3 is 6.18 Å². The number of hydrogen-bond acceptors (Lipinski definition) is 4. The molecule has 0 aliphatic rings. The van der Waals surface area contributed by atoms with Crippen LogP contribution in [0.2, 0.25) is 0 Å². The number of nitro benzene ring substituents is 1. The molecule has 0 aliphatic carbocycles. The van der Waals surface area contributed by atoms with Crippen LogP contribution >= 0.6 is 22.6 Å². The van der Waals surface area contributed by atoms with E-state index in [1.165, 1.54) is 6.92 Å². The van der Waals surface area contributed by atoms with Crippen molar-refractivity contribution in [1.82, 2.24) is 0 Å². The third-order valence-electron chi connectivity index (χ3n) is 2.51. The first kappa shape index (κ1) is 17.6. The van der Waals surface area contributed by atoms with Gasteiger partial charge in [0.25, 0.3) is 11.6 Å². The minimum Gasteiger partial charge on any atom is -0.379 e. The summed E-state index contributed by atoms with van der Waals surface area (Å²) in [6.45, 7) is 1.20. The molecule has 1 aromatic rings. The van der Waals surface area contributed by atoms with Gasteiger partial charge in [-0.05, 0) is 19.1 Å². The van der Waals surface area contributed by atoms with Crippen molar-refractivity contribution < 1.29 is 28.0 Å². The van der Waals surface area contributed by atoms with Crippen LogP contribution in [0.25, 0.3) is 0 Å². The fraction of sp³-hybridized carbons (Fsp3) is 0.364. The standard InChI is InChI=1S/C11H10F3IN2O4/c1-10(19,5-15)9(18)16-6-2-3-8(17(20)21)7(4-6)11(12,13)14/h2-4,19H,5H2,1H3,(H,16,18)/t10-/m0/s1. The minimum absolute atomic E-state index is 0.0235. The third-order valence-corrected chi connectivity index (χ3v) is 3.99. The first-order valence-electron chi connectivity index (χ1n) is 5.44. The molecule has 0 bridgehead atoms. The Labute approximate surface area is 130 Å². The molecule has 116 valence electrons. The average Bonchev–Trinajstić information content (AvgIpc) is 2.37. The Morgan fingerprint density at radius 3 is 2.48 bits per heavy atom. The van der Waals surface area contributed by atoms with Crippen LogP contribution in [0.3, 0.4) is 0 Å². The quantitative estimate of drug-likeness (QED) is 0.341. The Balaban J connectivity index is 3.18. The maximum Gasteiger partial charge on any atom is 0.423 e. The molecule has 0 saturated carbocycles. The zero-order valence-electron chi connectivity index (χ0n) is 10.6. The molecule has 0 heterocycles. The number of halogens is 4. The zero-order chi connectivity index (χ0) is 16.4. The van der Waals surface area contributed by atoms with Crippen LogP contribution in [-0.2, 0) is 11.0 Å². The maximum absolute atomic E-state index is 12.8. The van der Waals surface area contributed by atoms with Gasteiger partial charge in [-0.2, -0.15) is 13.2 Å². The highest BCUT2D eigenvalue weighted by Crippen LogP contribution is 2.37. The van der Waals surface area contributed by atoms with Crippen molar-refractivity contribution in [2.24, 2.45) is 0 Å². The van der Waals surface area contributed by atoms with Crippen molar-refractivity contribution in [2.45, 2.75) is 18.7 Å². The fourth-order valence-electron chi connectivity index (χ4n) is 1.33. The summed E-state index contributed by atoms with van der Waals surface area (Å²) in [6.07, 6.45) is -4.94. The molecule has 1 amide bonds. The normalized spacial score (nSPS) is 14.4. The summed E-state index contributed by atoms with van der Waals surface area (Å²) < 4.78 is 38.3. The van der Waals surface area contributed by atoms with Gasteiger partial charge in [0, 0.05) is 16.2 Å². The molecule has 1 rings (SSSR count). The summed E-state index contributed by atoms with van der Waals surface area (Å²) in [6, 6.07) is 2.07. The number of anilines is 1. The molecule has 0 aliphatic heterocycles. The van der Waals surface area contributed by atoms with Gasteiger partial charge in [0.2, 0.25) is 0 Å². The second kappa shape index (κ2) is 6.13. The van der Waals surface area contributed by atoms with E-state index in [1.807, 2.05) is 0 Å². The van der Waals surface area contributed by atoms with Crippen LogP contribution in [0.5, 0.6) is 0 Å². The zero-order valence-corrected chi connectivity index (χ0v) is 12.7. The molecule has 0 aromatic heterocycles. The van der Waals surface area contributed by atoms with Crippen LogP contribution in [0.15, 0.2) is 18.2 Å². The molecule has 6 nitrogen and oxygen atoms in total. The van der Waals surface area contributed by atoms with Crippen LogP contribution < -0.4 is 5.32 Å². The molecule has 1 aromatic carbocycles. The van der Waals surface area contributed by atoms with E-state index >= 15 is 0 Å². The van der Waals surface area contributed by atoms with Crippen LogP contribution in [-0.4, -0.2) is 26.0 Å². The maximum atomic E-state index is 12.8. The van der Waals surface area contributed by atoms with Crippen molar-refractivity contribution in [2.75, 3.05) is 9.74 Å². The molecular formula is C11H10F3IN2O4. The highest BCUT2D eigenvalue weighted by Gasteiger charge is 2.39. The van der Waals surface area contributed by atoms with Crippen molar-refractivity contribution in [3.8, 4) is 0 Å². The first-order chi connectivity index (χ1) is 9.49. The molecule has 0 unspecified atom stereocenters. The van der Waals surface area contributed by atoms with E-state index in [9.17, 15) is 33.2 Å². The largest absolute Gasteiger partial charge is 0.423 e. The van der Waals surface area contributed by atoms with Crippen LogP contribution in [0.4, 0.5) is 24.5 Å². The second-order valence-electron chi connectivity index (χ2n) is 4.35. The first-order valence-corrected chi connectivity index (χ1v) is 6.97. The molecule has 0 fully saturated rings. The lowest BCUT2D eigenvalue weighted by atomic mass is 10.1. The number of carbonyl (C=O) groups excluding carboxylic acids is 1. The Bertz CT molecular complexity index is 575. The molecular weight excluding hydrogens is 408 g/mol. The van der Waals surface area contributed by atoms with E-state index in [2.05, 4.69) is 5.32 Å². The van der Waals surface area contributed by atoms with Gasteiger partial charge in [-0.25, -0.2) is 0 Å². The number of amides is 1. The predicted molar refractivity (Wildman–Crippen MR) is 76.2 cm³/mol. The molecule has 1 atom stereocenters. The Hall–Kier alpha value is -1.43. The number of aliphatic hydroxyl groups is 1. The van der Waals surface area contributed by atoms with E-state index in [0.717, 1.165) is 6.07 Å². The Morgan fingerprint density at radius 1 is 1.48 bits per heavy atom. The lowest BCUT2D eigenvalue weighted by Gasteiger charge is -2.19. The van der Waals surface area contributed by atoms with Gasteiger partial charge in [-0.15, -0.1) is 0 Å². The summed E-state index contributed by atoms with van der Waals surface area (Å²) in [4.78, 5) is 21.1. The number of carbonyl (C=O) groups is 1. The fourth-order valence-corrected chi connectivity index (χ4v) is 1.67. The lowest BCUT2D eigenvalue weighted by molar-refractivity contribution is -0.388. The lowest BCUT2D eigenvalue weighted by Crippen LogP contribution is -2.41. The van der Waals surface area contributed by atoms with Gasteiger partial charge < -0.3 is 10.4 Å². The summed E-state index contributed by atoms with van der Waals surface area (Å²) in [7, 11) is 0. The molecule has 10 heteroatoms. The van der Waals surface area contributed by atoms with Crippen LogP contribution in [0, 0.1) is 10.1 Å². The van der Waals surface area contributed by atoms with Gasteiger partial charge in [0.05, 0.1) is 4.92 Å².